The summed E-state index contributed by atoms with van der Waals surface area (Å²) in [6.45, 7) is 4.76. The van der Waals surface area contributed by atoms with Crippen LogP contribution in [0.2, 0.25) is 0 Å². The average molecular weight is 191 g/mol. The summed E-state index contributed by atoms with van der Waals surface area (Å²) in [5.74, 6) is 0.882. The maximum Gasteiger partial charge on any atom is 0.0681 e. The van der Waals surface area contributed by atoms with E-state index in [-0.39, 0.29) is 6.61 Å². The number of aliphatic hydroxyl groups is 1. The van der Waals surface area contributed by atoms with E-state index in [4.69, 9.17) is 5.11 Å². The first kappa shape index (κ1) is 9.53. The van der Waals surface area contributed by atoms with Crippen LogP contribution in [0.1, 0.15) is 18.9 Å². The summed E-state index contributed by atoms with van der Waals surface area (Å²) in [7, 11) is 0. The molecule has 0 aromatic heterocycles. The van der Waals surface area contributed by atoms with E-state index < -0.39 is 0 Å². The third-order valence-electron chi connectivity index (χ3n) is 3.02. The molecule has 1 saturated heterocycles. The fourth-order valence-corrected chi connectivity index (χ4v) is 1.85. The van der Waals surface area contributed by atoms with Gasteiger partial charge in [0.15, 0.2) is 0 Å². The molecule has 76 valence electrons. The van der Waals surface area contributed by atoms with Crippen molar-refractivity contribution < 1.29 is 5.11 Å². The summed E-state index contributed by atoms with van der Waals surface area (Å²) in [6.07, 6.45) is 1.28. The molecule has 0 spiro atoms. The zero-order valence-corrected chi connectivity index (χ0v) is 8.61. The Bertz CT molecular complexity index is 288. The highest BCUT2D eigenvalue weighted by atomic mass is 16.3. The molecule has 0 aliphatic carbocycles. The molecule has 2 nitrogen and oxygen atoms in total. The van der Waals surface area contributed by atoms with E-state index in [9.17, 15) is 0 Å². The molecule has 0 radical (unpaired) electrons. The first-order chi connectivity index (χ1) is 6.83. The molecule has 0 bridgehead atoms. The van der Waals surface area contributed by atoms with Crippen molar-refractivity contribution in [3.8, 4) is 0 Å². The van der Waals surface area contributed by atoms with Gasteiger partial charge in [-0.2, -0.15) is 0 Å². The molecule has 14 heavy (non-hydrogen) atoms. The third-order valence-corrected chi connectivity index (χ3v) is 3.02. The number of anilines is 1. The van der Waals surface area contributed by atoms with E-state index in [1.165, 1.54) is 25.2 Å². The largest absolute Gasteiger partial charge is 0.392 e. The highest BCUT2D eigenvalue weighted by Gasteiger charge is 2.24. The van der Waals surface area contributed by atoms with Gasteiger partial charge in [-0.3, -0.25) is 0 Å². The van der Waals surface area contributed by atoms with Crippen LogP contribution in [0, 0.1) is 5.92 Å². The maximum atomic E-state index is 8.90. The van der Waals surface area contributed by atoms with Gasteiger partial charge in [-0.15, -0.1) is 0 Å². The van der Waals surface area contributed by atoms with Crippen LogP contribution >= 0.6 is 0 Å². The van der Waals surface area contributed by atoms with Crippen LogP contribution in [0.25, 0.3) is 0 Å². The molecule has 0 atom stereocenters. The lowest BCUT2D eigenvalue weighted by molar-refractivity contribution is 0.282. The van der Waals surface area contributed by atoms with Crippen LogP contribution in [0.3, 0.4) is 0 Å². The van der Waals surface area contributed by atoms with Crippen molar-refractivity contribution in [2.75, 3.05) is 18.0 Å². The lowest BCUT2D eigenvalue weighted by Crippen LogP contribution is -2.46. The zero-order valence-electron chi connectivity index (χ0n) is 8.61. The van der Waals surface area contributed by atoms with Gasteiger partial charge in [0.2, 0.25) is 0 Å². The predicted octanol–water partition coefficient (Wildman–Crippen LogP) is 2.03. The second-order valence-corrected chi connectivity index (χ2v) is 4.00. The molecule has 1 N–H and O–H groups in total. The van der Waals surface area contributed by atoms with Gasteiger partial charge in [-0.25, -0.2) is 0 Å². The lowest BCUT2D eigenvalue weighted by Gasteiger charge is -2.40. The van der Waals surface area contributed by atoms with Crippen LogP contribution in [-0.2, 0) is 6.61 Å². The molecule has 1 fully saturated rings. The summed E-state index contributed by atoms with van der Waals surface area (Å²) < 4.78 is 0. The first-order valence-electron chi connectivity index (χ1n) is 5.28. The highest BCUT2D eigenvalue weighted by molar-refractivity contribution is 5.49. The molecule has 1 aliphatic rings. The van der Waals surface area contributed by atoms with Crippen molar-refractivity contribution in [1.82, 2.24) is 0 Å². The second kappa shape index (κ2) is 4.01. The van der Waals surface area contributed by atoms with Gasteiger partial charge >= 0.3 is 0 Å². The van der Waals surface area contributed by atoms with E-state index in [0.717, 1.165) is 11.5 Å². The van der Waals surface area contributed by atoms with Gasteiger partial charge in [-0.05, 0) is 30.0 Å². The van der Waals surface area contributed by atoms with Crippen molar-refractivity contribution >= 4 is 5.69 Å². The van der Waals surface area contributed by atoms with E-state index in [0.29, 0.717) is 0 Å². The first-order valence-corrected chi connectivity index (χ1v) is 5.28. The Kier molecular flexibility index (Phi) is 2.73. The molecular weight excluding hydrogens is 174 g/mol. The summed E-state index contributed by atoms with van der Waals surface area (Å²) >= 11 is 0. The smallest absolute Gasteiger partial charge is 0.0681 e. The minimum Gasteiger partial charge on any atom is -0.392 e. The maximum absolute atomic E-state index is 8.90. The van der Waals surface area contributed by atoms with Crippen LogP contribution < -0.4 is 4.90 Å². The molecule has 0 amide bonds. The quantitative estimate of drug-likeness (QED) is 0.790. The number of rotatable bonds is 3. The monoisotopic (exact) mass is 191 g/mol. The molecule has 1 aliphatic heterocycles. The SMILES string of the molecule is CCC1CN(c2ccc(CO)cc2)C1. The highest BCUT2D eigenvalue weighted by Crippen LogP contribution is 2.26. The standard InChI is InChI=1S/C12H17NO/c1-2-10-7-13(8-10)12-5-3-11(9-14)4-6-12/h3-6,10,14H,2,7-9H2,1H3. The van der Waals surface area contributed by atoms with Gasteiger partial charge in [0.05, 0.1) is 6.61 Å². The number of hydrogen-bond donors (Lipinski definition) is 1. The Morgan fingerprint density at radius 1 is 1.29 bits per heavy atom. The molecule has 1 aromatic carbocycles. The lowest BCUT2D eigenvalue weighted by atomic mass is 9.96. The topological polar surface area (TPSA) is 23.5 Å². The van der Waals surface area contributed by atoms with Crippen LogP contribution in [-0.4, -0.2) is 18.2 Å². The van der Waals surface area contributed by atoms with E-state index in [1.54, 1.807) is 0 Å². The Hall–Kier alpha value is -1.02. The Labute approximate surface area is 85.2 Å². The number of nitrogens with zero attached hydrogens (tertiary/aromatic N) is 1. The minimum atomic E-state index is 0.137. The fraction of sp³-hybridized carbons (Fsp3) is 0.500. The third kappa shape index (κ3) is 1.75. The Morgan fingerprint density at radius 3 is 2.43 bits per heavy atom. The van der Waals surface area contributed by atoms with Crippen molar-refractivity contribution in [3.63, 3.8) is 0 Å². The van der Waals surface area contributed by atoms with E-state index >= 15 is 0 Å². The van der Waals surface area contributed by atoms with Crippen molar-refractivity contribution in [2.45, 2.75) is 20.0 Å². The van der Waals surface area contributed by atoms with Crippen molar-refractivity contribution in [1.29, 1.82) is 0 Å². The van der Waals surface area contributed by atoms with Gasteiger partial charge in [-0.1, -0.05) is 19.1 Å². The second-order valence-electron chi connectivity index (χ2n) is 4.00. The van der Waals surface area contributed by atoms with Crippen LogP contribution in [0.4, 0.5) is 5.69 Å². The number of benzene rings is 1. The normalized spacial score (nSPS) is 16.9. The Balaban J connectivity index is 1.98. The molecule has 0 unspecified atom stereocenters. The average Bonchev–Trinajstić information content (AvgIpc) is 2.17. The molecule has 0 saturated carbocycles. The van der Waals surface area contributed by atoms with E-state index in [1.807, 2.05) is 12.1 Å². The summed E-state index contributed by atoms with van der Waals surface area (Å²) in [4.78, 5) is 2.38. The summed E-state index contributed by atoms with van der Waals surface area (Å²) in [6, 6.07) is 8.18. The number of aliphatic hydroxyl groups excluding tert-OH is 1. The molecule has 1 aromatic rings. The van der Waals surface area contributed by atoms with Gasteiger partial charge in [0.25, 0.3) is 0 Å². The minimum absolute atomic E-state index is 0.137. The van der Waals surface area contributed by atoms with Gasteiger partial charge in [0.1, 0.15) is 0 Å². The molecule has 2 rings (SSSR count). The Morgan fingerprint density at radius 2 is 1.93 bits per heavy atom. The van der Waals surface area contributed by atoms with E-state index in [2.05, 4.69) is 24.0 Å². The van der Waals surface area contributed by atoms with Crippen LogP contribution in [0.15, 0.2) is 24.3 Å². The summed E-state index contributed by atoms with van der Waals surface area (Å²) in [5, 5.41) is 8.90. The predicted molar refractivity (Wildman–Crippen MR) is 58.4 cm³/mol. The fourth-order valence-electron chi connectivity index (χ4n) is 1.85. The van der Waals surface area contributed by atoms with Gasteiger partial charge < -0.3 is 10.0 Å². The molecule has 2 heteroatoms. The summed E-state index contributed by atoms with van der Waals surface area (Å²) in [5.41, 5.74) is 2.27. The van der Waals surface area contributed by atoms with Gasteiger partial charge in [0, 0.05) is 18.8 Å². The number of hydrogen-bond acceptors (Lipinski definition) is 2. The van der Waals surface area contributed by atoms with Crippen molar-refractivity contribution in [3.05, 3.63) is 29.8 Å². The molecule has 1 heterocycles. The van der Waals surface area contributed by atoms with Crippen molar-refractivity contribution in [2.24, 2.45) is 5.92 Å². The zero-order chi connectivity index (χ0) is 9.97. The molecular formula is C12H17NO. The van der Waals surface area contributed by atoms with Crippen LogP contribution in [0.5, 0.6) is 0 Å².